The molecule has 0 saturated heterocycles. The first kappa shape index (κ1) is 26.7. The summed E-state index contributed by atoms with van der Waals surface area (Å²) in [6, 6.07) is 22.8. The number of hydrogen-bond donors (Lipinski definition) is 2. The van der Waals surface area contributed by atoms with Crippen LogP contribution in [0.15, 0.2) is 99.0 Å². The van der Waals surface area contributed by atoms with Crippen molar-refractivity contribution in [3.05, 3.63) is 124 Å². The van der Waals surface area contributed by atoms with Crippen LogP contribution in [0.25, 0.3) is 0 Å². The average Bonchev–Trinajstić information content (AvgIpc) is 3.75. The lowest BCUT2D eigenvalue weighted by Gasteiger charge is -2.20. The summed E-state index contributed by atoms with van der Waals surface area (Å²) in [4.78, 5) is 13.3. The van der Waals surface area contributed by atoms with Crippen LogP contribution in [0, 0.1) is 11.7 Å². The first-order chi connectivity index (χ1) is 18.7. The van der Waals surface area contributed by atoms with E-state index in [-0.39, 0.29) is 28.0 Å². The van der Waals surface area contributed by atoms with E-state index >= 15 is 0 Å². The molecule has 0 bridgehead atoms. The van der Waals surface area contributed by atoms with E-state index in [4.69, 9.17) is 4.42 Å². The number of aromatic hydroxyl groups is 1. The summed E-state index contributed by atoms with van der Waals surface area (Å²) in [6.07, 6.45) is 3.17. The van der Waals surface area contributed by atoms with E-state index in [1.165, 1.54) is 12.1 Å². The molecule has 1 aliphatic rings. The molecule has 39 heavy (non-hydrogen) atoms. The van der Waals surface area contributed by atoms with E-state index in [0.717, 1.165) is 37.0 Å². The zero-order valence-electron chi connectivity index (χ0n) is 21.5. The minimum atomic E-state index is -3.95. The van der Waals surface area contributed by atoms with Gasteiger partial charge in [0.25, 0.3) is 10.0 Å². The highest BCUT2D eigenvalue weighted by molar-refractivity contribution is 7.92. The molecule has 0 radical (unpaired) electrons. The summed E-state index contributed by atoms with van der Waals surface area (Å²) in [7, 11) is -3.95. The number of rotatable bonds is 10. The predicted molar refractivity (Wildman–Crippen MR) is 148 cm³/mol. The maximum Gasteiger partial charge on any atom is 0.343 e. The van der Waals surface area contributed by atoms with E-state index in [0.29, 0.717) is 23.4 Å². The summed E-state index contributed by atoms with van der Waals surface area (Å²) in [6.45, 7) is 2.02. The molecule has 1 heterocycles. The second-order valence-electron chi connectivity index (χ2n) is 10.0. The molecule has 1 fully saturated rings. The fourth-order valence-corrected chi connectivity index (χ4v) is 6.12. The molecule has 0 spiro atoms. The van der Waals surface area contributed by atoms with E-state index in [1.54, 1.807) is 24.3 Å². The van der Waals surface area contributed by atoms with Crippen LogP contribution >= 0.6 is 0 Å². The monoisotopic (exact) mass is 547 g/mol. The maximum absolute atomic E-state index is 13.3. The Morgan fingerprint density at radius 2 is 1.72 bits per heavy atom. The molecular weight excluding hydrogens is 517 g/mol. The molecule has 2 N–H and O–H groups in total. The molecule has 2 unspecified atom stereocenters. The van der Waals surface area contributed by atoms with Crippen molar-refractivity contribution >= 4 is 15.7 Å². The minimum Gasteiger partial charge on any atom is -0.507 e. The van der Waals surface area contributed by atoms with Crippen molar-refractivity contribution in [1.29, 1.82) is 0 Å². The van der Waals surface area contributed by atoms with E-state index < -0.39 is 27.4 Å². The van der Waals surface area contributed by atoms with Gasteiger partial charge in [-0.15, -0.1) is 0 Å². The fourth-order valence-electron chi connectivity index (χ4n) is 5.07. The highest BCUT2D eigenvalue weighted by Crippen LogP contribution is 2.48. The third-order valence-electron chi connectivity index (χ3n) is 7.23. The summed E-state index contributed by atoms with van der Waals surface area (Å²) >= 11 is 0. The van der Waals surface area contributed by atoms with Gasteiger partial charge < -0.3 is 9.52 Å². The number of sulfonamides is 1. The Hall–Kier alpha value is -3.91. The van der Waals surface area contributed by atoms with Crippen LogP contribution in [0.1, 0.15) is 60.5 Å². The maximum atomic E-state index is 13.3. The lowest BCUT2D eigenvalue weighted by atomic mass is 9.86. The van der Waals surface area contributed by atoms with Gasteiger partial charge in [0.1, 0.15) is 17.3 Å². The van der Waals surface area contributed by atoms with Crippen molar-refractivity contribution in [2.75, 3.05) is 4.72 Å². The van der Waals surface area contributed by atoms with Crippen LogP contribution in [0.5, 0.6) is 5.75 Å². The first-order valence-electron chi connectivity index (χ1n) is 13.0. The van der Waals surface area contributed by atoms with Gasteiger partial charge in [-0.05, 0) is 79.1 Å². The molecule has 1 saturated carbocycles. The smallest absolute Gasteiger partial charge is 0.343 e. The van der Waals surface area contributed by atoms with Gasteiger partial charge in [0, 0.05) is 23.6 Å². The van der Waals surface area contributed by atoms with Gasteiger partial charge in [0.05, 0.1) is 10.5 Å². The van der Waals surface area contributed by atoms with Gasteiger partial charge >= 0.3 is 5.63 Å². The molecule has 4 aromatic rings. The fraction of sp³-hybridized carbons (Fsp3) is 0.258. The number of anilines is 1. The molecular formula is C31H30FNO5S. The van der Waals surface area contributed by atoms with Gasteiger partial charge in [-0.3, -0.25) is 4.72 Å². The summed E-state index contributed by atoms with van der Waals surface area (Å²) in [5.74, 6) is -0.577. The Bertz CT molecular complexity index is 1610. The quantitative estimate of drug-likeness (QED) is 0.234. The number of hydrogen-bond acceptors (Lipinski definition) is 5. The van der Waals surface area contributed by atoms with Crippen LogP contribution in [0.2, 0.25) is 0 Å². The van der Waals surface area contributed by atoms with Gasteiger partial charge in [-0.25, -0.2) is 17.6 Å². The molecule has 8 heteroatoms. The van der Waals surface area contributed by atoms with Gasteiger partial charge in [0.2, 0.25) is 0 Å². The molecule has 6 nitrogen and oxygen atoms in total. The lowest BCUT2D eigenvalue weighted by Crippen LogP contribution is -2.18. The van der Waals surface area contributed by atoms with E-state index in [1.807, 2.05) is 43.3 Å². The highest BCUT2D eigenvalue weighted by Gasteiger charge is 2.38. The molecule has 1 aromatic heterocycles. The zero-order chi connectivity index (χ0) is 27.6. The first-order valence-corrected chi connectivity index (χ1v) is 14.5. The van der Waals surface area contributed by atoms with E-state index in [9.17, 15) is 22.7 Å². The van der Waals surface area contributed by atoms with Crippen LogP contribution in [0.3, 0.4) is 0 Å². The Morgan fingerprint density at radius 3 is 2.36 bits per heavy atom. The average molecular weight is 548 g/mol. The van der Waals surface area contributed by atoms with Crippen LogP contribution in [-0.2, 0) is 16.4 Å². The Kier molecular flexibility index (Phi) is 7.57. The normalized spacial score (nSPS) is 15.0. The Balaban J connectivity index is 1.45. The number of benzene rings is 3. The summed E-state index contributed by atoms with van der Waals surface area (Å²) < 4.78 is 47.3. The van der Waals surface area contributed by atoms with Crippen molar-refractivity contribution in [2.45, 2.75) is 49.3 Å². The molecule has 2 atom stereocenters. The van der Waals surface area contributed by atoms with Gasteiger partial charge in [-0.1, -0.05) is 49.4 Å². The van der Waals surface area contributed by atoms with Crippen LogP contribution < -0.4 is 10.3 Å². The van der Waals surface area contributed by atoms with Crippen molar-refractivity contribution in [2.24, 2.45) is 5.92 Å². The summed E-state index contributed by atoms with van der Waals surface area (Å²) in [5, 5.41) is 11.1. The third-order valence-corrected chi connectivity index (χ3v) is 8.63. The van der Waals surface area contributed by atoms with Crippen LogP contribution in [0.4, 0.5) is 10.1 Å². The number of nitrogens with one attached hydrogen (secondary N) is 1. The topological polar surface area (TPSA) is 96.6 Å². The molecule has 0 aliphatic heterocycles. The largest absolute Gasteiger partial charge is 0.507 e. The SMILES string of the molecule is CCC(Cc1ccccc1)c1cc(O)c(C(c2cccc(NS(=O)(=O)c3ccc(F)cc3)c2)C2CC2)c(=O)o1. The third kappa shape index (κ3) is 6.06. The molecule has 5 rings (SSSR count). The molecule has 1 aliphatic carbocycles. The van der Waals surface area contributed by atoms with Crippen molar-refractivity contribution < 1.29 is 22.3 Å². The van der Waals surface area contributed by atoms with Gasteiger partial charge in [0.15, 0.2) is 0 Å². The lowest BCUT2D eigenvalue weighted by molar-refractivity contribution is 0.379. The zero-order valence-corrected chi connectivity index (χ0v) is 22.3. The molecule has 202 valence electrons. The second kappa shape index (κ2) is 11.1. The standard InChI is InChI=1S/C31H30FNO5S/c1-2-21(17-20-7-4-3-5-8-20)28-19-27(34)30(31(35)38-28)29(22-11-12-22)23-9-6-10-25(18-23)33-39(36,37)26-15-13-24(32)14-16-26/h3-10,13-16,18-19,21-22,29,33-34H,2,11-12,17H2,1H3. The van der Waals surface area contributed by atoms with Crippen LogP contribution in [-0.4, -0.2) is 13.5 Å². The van der Waals surface area contributed by atoms with Crippen molar-refractivity contribution in [1.82, 2.24) is 0 Å². The predicted octanol–water partition coefficient (Wildman–Crippen LogP) is 6.56. The molecule has 0 amide bonds. The molecule has 3 aromatic carbocycles. The van der Waals surface area contributed by atoms with E-state index in [2.05, 4.69) is 4.72 Å². The summed E-state index contributed by atoms with van der Waals surface area (Å²) in [5.41, 5.74) is 1.73. The second-order valence-corrected chi connectivity index (χ2v) is 11.7. The Labute approximate surface area is 227 Å². The minimum absolute atomic E-state index is 0.0661. The number of halogens is 1. The van der Waals surface area contributed by atoms with Crippen molar-refractivity contribution in [3.63, 3.8) is 0 Å². The van der Waals surface area contributed by atoms with Crippen molar-refractivity contribution in [3.8, 4) is 5.75 Å². The highest BCUT2D eigenvalue weighted by atomic mass is 32.2. The van der Waals surface area contributed by atoms with Gasteiger partial charge in [-0.2, -0.15) is 0 Å². The Morgan fingerprint density at radius 1 is 1.00 bits per heavy atom.